The van der Waals surface area contributed by atoms with Crippen molar-refractivity contribution >= 4 is 5.91 Å². The van der Waals surface area contributed by atoms with Crippen LogP contribution in [0.2, 0.25) is 0 Å². The molecule has 3 heteroatoms. The zero-order valence-corrected chi connectivity index (χ0v) is 9.96. The van der Waals surface area contributed by atoms with Gasteiger partial charge in [-0.05, 0) is 17.5 Å². The standard InChI is InChI=1S/C13H18FNO/c1-13(2,3)11(9-14)15-12(16)10-7-5-4-6-8-10/h4-8,11H,9H2,1-3H3,(H,15,16)/t11-/m1/s1. The first-order valence-corrected chi connectivity index (χ1v) is 5.37. The lowest BCUT2D eigenvalue weighted by Gasteiger charge is -2.29. The van der Waals surface area contributed by atoms with Crippen molar-refractivity contribution in [3.05, 3.63) is 35.9 Å². The quantitative estimate of drug-likeness (QED) is 0.838. The first-order valence-electron chi connectivity index (χ1n) is 5.37. The minimum Gasteiger partial charge on any atom is -0.346 e. The van der Waals surface area contributed by atoms with Crippen molar-refractivity contribution in [3.8, 4) is 0 Å². The van der Waals surface area contributed by atoms with Gasteiger partial charge in [0.1, 0.15) is 6.67 Å². The van der Waals surface area contributed by atoms with Crippen LogP contribution in [-0.4, -0.2) is 18.6 Å². The minimum absolute atomic E-state index is 0.224. The van der Waals surface area contributed by atoms with Crippen LogP contribution in [0.15, 0.2) is 30.3 Å². The van der Waals surface area contributed by atoms with Gasteiger partial charge < -0.3 is 5.32 Å². The number of nitrogens with one attached hydrogen (secondary N) is 1. The Kier molecular flexibility index (Phi) is 4.05. The first-order chi connectivity index (χ1) is 7.45. The van der Waals surface area contributed by atoms with E-state index in [0.717, 1.165) is 0 Å². The van der Waals surface area contributed by atoms with Gasteiger partial charge in [0.05, 0.1) is 6.04 Å². The fourth-order valence-electron chi connectivity index (χ4n) is 1.32. The molecule has 0 unspecified atom stereocenters. The van der Waals surface area contributed by atoms with Crippen molar-refractivity contribution in [2.45, 2.75) is 26.8 Å². The SMILES string of the molecule is CC(C)(C)[C@@H](CF)NC(=O)c1ccccc1. The van der Waals surface area contributed by atoms with E-state index >= 15 is 0 Å². The number of rotatable bonds is 3. The summed E-state index contributed by atoms with van der Waals surface area (Å²) in [6, 6.07) is 8.39. The highest BCUT2D eigenvalue weighted by molar-refractivity contribution is 5.94. The summed E-state index contributed by atoms with van der Waals surface area (Å²) in [6.07, 6.45) is 0. The van der Waals surface area contributed by atoms with Crippen LogP contribution in [0.4, 0.5) is 4.39 Å². The predicted molar refractivity (Wildman–Crippen MR) is 63.1 cm³/mol. The molecule has 2 nitrogen and oxygen atoms in total. The molecule has 1 rings (SSSR count). The summed E-state index contributed by atoms with van der Waals surface area (Å²) in [5, 5.41) is 2.71. The molecule has 1 atom stereocenters. The highest BCUT2D eigenvalue weighted by atomic mass is 19.1. The molecule has 0 fully saturated rings. The van der Waals surface area contributed by atoms with E-state index in [0.29, 0.717) is 5.56 Å². The van der Waals surface area contributed by atoms with Gasteiger partial charge in [-0.15, -0.1) is 0 Å². The van der Waals surface area contributed by atoms with Crippen molar-refractivity contribution in [2.75, 3.05) is 6.67 Å². The monoisotopic (exact) mass is 223 g/mol. The summed E-state index contributed by atoms with van der Waals surface area (Å²) in [7, 11) is 0. The van der Waals surface area contributed by atoms with Gasteiger partial charge in [0.15, 0.2) is 0 Å². The van der Waals surface area contributed by atoms with Gasteiger partial charge in [0.25, 0.3) is 5.91 Å². The van der Waals surface area contributed by atoms with Crippen LogP contribution in [-0.2, 0) is 0 Å². The zero-order valence-electron chi connectivity index (χ0n) is 9.96. The molecule has 0 saturated heterocycles. The molecule has 1 aromatic carbocycles. The summed E-state index contributed by atoms with van der Waals surface area (Å²) in [5.74, 6) is -0.224. The van der Waals surface area contributed by atoms with Crippen LogP contribution < -0.4 is 5.32 Å². The molecular weight excluding hydrogens is 205 g/mol. The molecular formula is C13H18FNO. The highest BCUT2D eigenvalue weighted by Gasteiger charge is 2.26. The van der Waals surface area contributed by atoms with E-state index in [2.05, 4.69) is 5.32 Å². The average molecular weight is 223 g/mol. The number of benzene rings is 1. The molecule has 16 heavy (non-hydrogen) atoms. The van der Waals surface area contributed by atoms with Gasteiger partial charge in [-0.3, -0.25) is 4.79 Å². The Hall–Kier alpha value is -1.38. The van der Waals surface area contributed by atoms with Crippen LogP contribution in [0.3, 0.4) is 0 Å². The third kappa shape index (κ3) is 3.33. The topological polar surface area (TPSA) is 29.1 Å². The zero-order chi connectivity index (χ0) is 12.2. The number of halogens is 1. The van der Waals surface area contributed by atoms with Crippen molar-refractivity contribution < 1.29 is 9.18 Å². The van der Waals surface area contributed by atoms with Crippen molar-refractivity contribution in [1.29, 1.82) is 0 Å². The number of hydrogen-bond acceptors (Lipinski definition) is 1. The third-order valence-corrected chi connectivity index (χ3v) is 2.54. The molecule has 0 radical (unpaired) electrons. The van der Waals surface area contributed by atoms with E-state index in [1.807, 2.05) is 26.8 Å². The predicted octanol–water partition coefficient (Wildman–Crippen LogP) is 2.80. The van der Waals surface area contributed by atoms with Gasteiger partial charge in [-0.2, -0.15) is 0 Å². The number of amides is 1. The van der Waals surface area contributed by atoms with Gasteiger partial charge >= 0.3 is 0 Å². The first kappa shape index (κ1) is 12.7. The molecule has 0 aliphatic carbocycles. The largest absolute Gasteiger partial charge is 0.346 e. The Morgan fingerprint density at radius 1 is 1.31 bits per heavy atom. The summed E-state index contributed by atoms with van der Waals surface area (Å²) in [4.78, 5) is 11.8. The highest BCUT2D eigenvalue weighted by Crippen LogP contribution is 2.19. The van der Waals surface area contributed by atoms with Gasteiger partial charge in [0, 0.05) is 5.56 Å². The molecule has 0 spiro atoms. The van der Waals surface area contributed by atoms with Gasteiger partial charge in [-0.25, -0.2) is 4.39 Å². The molecule has 0 bridgehead atoms. The molecule has 88 valence electrons. The molecule has 0 aliphatic rings. The van der Waals surface area contributed by atoms with E-state index < -0.39 is 12.7 Å². The average Bonchev–Trinajstić information content (AvgIpc) is 2.25. The lowest BCUT2D eigenvalue weighted by Crippen LogP contribution is -2.45. The molecule has 0 heterocycles. The van der Waals surface area contributed by atoms with Crippen LogP contribution in [0.1, 0.15) is 31.1 Å². The lowest BCUT2D eigenvalue weighted by molar-refractivity contribution is 0.0885. The maximum Gasteiger partial charge on any atom is 0.251 e. The summed E-state index contributed by atoms with van der Waals surface area (Å²) >= 11 is 0. The van der Waals surface area contributed by atoms with Gasteiger partial charge in [0.2, 0.25) is 0 Å². The van der Waals surface area contributed by atoms with Crippen molar-refractivity contribution in [2.24, 2.45) is 5.41 Å². The molecule has 0 saturated carbocycles. The van der Waals surface area contributed by atoms with E-state index in [1.54, 1.807) is 24.3 Å². The number of carbonyl (C=O) groups excluding carboxylic acids is 1. The fraction of sp³-hybridized carbons (Fsp3) is 0.462. The molecule has 0 aromatic heterocycles. The molecule has 0 aliphatic heterocycles. The smallest absolute Gasteiger partial charge is 0.251 e. The second-order valence-corrected chi connectivity index (χ2v) is 4.91. The number of alkyl halides is 1. The second-order valence-electron chi connectivity index (χ2n) is 4.91. The van der Waals surface area contributed by atoms with Crippen molar-refractivity contribution in [1.82, 2.24) is 5.32 Å². The number of hydrogen-bond donors (Lipinski definition) is 1. The van der Waals surface area contributed by atoms with Crippen LogP contribution >= 0.6 is 0 Å². The Labute approximate surface area is 95.9 Å². The fourth-order valence-corrected chi connectivity index (χ4v) is 1.32. The Balaban J connectivity index is 2.71. The Morgan fingerprint density at radius 3 is 2.31 bits per heavy atom. The molecule has 1 amide bonds. The van der Waals surface area contributed by atoms with Gasteiger partial charge in [-0.1, -0.05) is 39.0 Å². The second kappa shape index (κ2) is 5.10. The summed E-state index contributed by atoms with van der Waals surface area (Å²) in [6.45, 7) is 5.16. The molecule has 1 N–H and O–H groups in total. The summed E-state index contributed by atoms with van der Waals surface area (Å²) in [5.41, 5.74) is 0.282. The van der Waals surface area contributed by atoms with E-state index in [4.69, 9.17) is 0 Å². The maximum absolute atomic E-state index is 12.8. The van der Waals surface area contributed by atoms with Crippen LogP contribution in [0.5, 0.6) is 0 Å². The maximum atomic E-state index is 12.8. The van der Waals surface area contributed by atoms with Crippen molar-refractivity contribution in [3.63, 3.8) is 0 Å². The normalized spacial score (nSPS) is 13.2. The Bertz CT molecular complexity index is 343. The van der Waals surface area contributed by atoms with E-state index in [1.165, 1.54) is 0 Å². The third-order valence-electron chi connectivity index (χ3n) is 2.54. The molecule has 1 aromatic rings. The van der Waals surface area contributed by atoms with E-state index in [-0.39, 0.29) is 11.3 Å². The Morgan fingerprint density at radius 2 is 1.88 bits per heavy atom. The van der Waals surface area contributed by atoms with E-state index in [9.17, 15) is 9.18 Å². The lowest BCUT2D eigenvalue weighted by atomic mass is 9.87. The summed E-state index contributed by atoms with van der Waals surface area (Å²) < 4.78 is 12.8. The number of carbonyl (C=O) groups is 1. The van der Waals surface area contributed by atoms with Crippen LogP contribution in [0.25, 0.3) is 0 Å². The van der Waals surface area contributed by atoms with Crippen LogP contribution in [0, 0.1) is 5.41 Å². The minimum atomic E-state index is -0.553.